The van der Waals surface area contributed by atoms with E-state index < -0.39 is 0 Å². The number of rotatable bonds is 7. The van der Waals surface area contributed by atoms with Crippen molar-refractivity contribution in [2.75, 3.05) is 26.9 Å². The molecular formula is C16H27NO2. The number of benzene rings is 1. The highest BCUT2D eigenvalue weighted by molar-refractivity contribution is 5.27. The first-order valence-corrected chi connectivity index (χ1v) is 6.85. The predicted molar refractivity (Wildman–Crippen MR) is 79.5 cm³/mol. The van der Waals surface area contributed by atoms with E-state index in [0.29, 0.717) is 19.8 Å². The topological polar surface area (TPSA) is 44.5 Å². The molecule has 1 aromatic carbocycles. The van der Waals surface area contributed by atoms with Crippen LogP contribution in [0.2, 0.25) is 0 Å². The lowest BCUT2D eigenvalue weighted by atomic mass is 9.86. The molecule has 2 N–H and O–H groups in total. The van der Waals surface area contributed by atoms with Crippen molar-refractivity contribution in [1.29, 1.82) is 0 Å². The molecule has 0 aliphatic rings. The van der Waals surface area contributed by atoms with Crippen LogP contribution in [0.3, 0.4) is 0 Å². The largest absolute Gasteiger partial charge is 0.382 e. The highest BCUT2D eigenvalue weighted by Crippen LogP contribution is 2.22. The minimum atomic E-state index is 0.0392. The zero-order chi connectivity index (χ0) is 14.3. The summed E-state index contributed by atoms with van der Waals surface area (Å²) in [7, 11) is 1.67. The molecule has 1 aromatic rings. The Kier molecular flexibility index (Phi) is 6.49. The van der Waals surface area contributed by atoms with Crippen LogP contribution in [-0.2, 0) is 21.3 Å². The minimum absolute atomic E-state index is 0.0392. The van der Waals surface area contributed by atoms with E-state index in [2.05, 4.69) is 45.0 Å². The van der Waals surface area contributed by atoms with Crippen LogP contribution in [0.25, 0.3) is 0 Å². The van der Waals surface area contributed by atoms with Crippen LogP contribution in [0, 0.1) is 0 Å². The van der Waals surface area contributed by atoms with Gasteiger partial charge in [0.15, 0.2) is 0 Å². The highest BCUT2D eigenvalue weighted by atomic mass is 16.5. The fourth-order valence-corrected chi connectivity index (χ4v) is 1.88. The Morgan fingerprint density at radius 3 is 2.26 bits per heavy atom. The molecule has 0 aromatic heterocycles. The van der Waals surface area contributed by atoms with Gasteiger partial charge in [-0.3, -0.25) is 0 Å². The number of nitrogens with two attached hydrogens (primary N) is 1. The Balaban J connectivity index is 2.40. The van der Waals surface area contributed by atoms with Crippen molar-refractivity contribution in [2.24, 2.45) is 5.73 Å². The van der Waals surface area contributed by atoms with Crippen molar-refractivity contribution < 1.29 is 9.47 Å². The van der Waals surface area contributed by atoms with Gasteiger partial charge in [0, 0.05) is 13.2 Å². The number of ether oxygens (including phenoxy) is 2. The SMILES string of the molecule is COCCOCC(N)Cc1ccc(C(C)(C)C)cc1. The van der Waals surface area contributed by atoms with Gasteiger partial charge in [-0.05, 0) is 23.0 Å². The van der Waals surface area contributed by atoms with Gasteiger partial charge in [0.25, 0.3) is 0 Å². The quantitative estimate of drug-likeness (QED) is 0.770. The second-order valence-corrected chi connectivity index (χ2v) is 5.98. The fourth-order valence-electron chi connectivity index (χ4n) is 1.88. The predicted octanol–water partition coefficient (Wildman–Crippen LogP) is 2.52. The summed E-state index contributed by atoms with van der Waals surface area (Å²) >= 11 is 0. The average molecular weight is 265 g/mol. The smallest absolute Gasteiger partial charge is 0.0701 e. The van der Waals surface area contributed by atoms with Crippen LogP contribution in [0.4, 0.5) is 0 Å². The molecule has 0 saturated heterocycles. The van der Waals surface area contributed by atoms with Crippen LogP contribution in [0.5, 0.6) is 0 Å². The summed E-state index contributed by atoms with van der Waals surface area (Å²) in [5, 5.41) is 0. The third-order valence-electron chi connectivity index (χ3n) is 3.08. The maximum atomic E-state index is 6.05. The normalized spacial score (nSPS) is 13.5. The molecule has 0 bridgehead atoms. The average Bonchev–Trinajstić information content (AvgIpc) is 2.34. The summed E-state index contributed by atoms with van der Waals surface area (Å²) in [6.07, 6.45) is 0.845. The maximum Gasteiger partial charge on any atom is 0.0701 e. The van der Waals surface area contributed by atoms with Crippen molar-refractivity contribution >= 4 is 0 Å². The molecule has 0 spiro atoms. The lowest BCUT2D eigenvalue weighted by Crippen LogP contribution is -2.29. The lowest BCUT2D eigenvalue weighted by Gasteiger charge is -2.19. The second kappa shape index (κ2) is 7.63. The molecule has 0 fully saturated rings. The van der Waals surface area contributed by atoms with Gasteiger partial charge in [-0.15, -0.1) is 0 Å². The Bertz CT molecular complexity index is 354. The first kappa shape index (κ1) is 16.2. The molecule has 3 nitrogen and oxygen atoms in total. The molecule has 1 rings (SSSR count). The lowest BCUT2D eigenvalue weighted by molar-refractivity contribution is 0.0637. The molecule has 1 atom stereocenters. The molecule has 0 amide bonds. The first-order chi connectivity index (χ1) is 8.93. The van der Waals surface area contributed by atoms with Crippen molar-refractivity contribution in [3.05, 3.63) is 35.4 Å². The van der Waals surface area contributed by atoms with Crippen LogP contribution in [-0.4, -0.2) is 33.0 Å². The van der Waals surface area contributed by atoms with E-state index in [0.717, 1.165) is 6.42 Å². The van der Waals surface area contributed by atoms with E-state index in [4.69, 9.17) is 15.2 Å². The maximum absolute atomic E-state index is 6.05. The van der Waals surface area contributed by atoms with Crippen molar-refractivity contribution in [3.63, 3.8) is 0 Å². The summed E-state index contributed by atoms with van der Waals surface area (Å²) in [5.41, 5.74) is 8.85. The minimum Gasteiger partial charge on any atom is -0.382 e. The Hall–Kier alpha value is -0.900. The molecule has 3 heteroatoms. The summed E-state index contributed by atoms with van der Waals surface area (Å²) in [4.78, 5) is 0. The number of hydrogen-bond acceptors (Lipinski definition) is 3. The fraction of sp³-hybridized carbons (Fsp3) is 0.625. The summed E-state index contributed by atoms with van der Waals surface area (Å²) in [6.45, 7) is 8.46. The third-order valence-corrected chi connectivity index (χ3v) is 3.08. The molecule has 108 valence electrons. The van der Waals surface area contributed by atoms with E-state index in [1.54, 1.807) is 7.11 Å². The Morgan fingerprint density at radius 1 is 1.11 bits per heavy atom. The third kappa shape index (κ3) is 6.19. The van der Waals surface area contributed by atoms with Gasteiger partial charge < -0.3 is 15.2 Å². The summed E-state index contributed by atoms with van der Waals surface area (Å²) in [5.74, 6) is 0. The molecular weight excluding hydrogens is 238 g/mol. The summed E-state index contributed by atoms with van der Waals surface area (Å²) in [6, 6.07) is 8.74. The van der Waals surface area contributed by atoms with Gasteiger partial charge in [-0.2, -0.15) is 0 Å². The van der Waals surface area contributed by atoms with Crippen molar-refractivity contribution in [1.82, 2.24) is 0 Å². The van der Waals surface area contributed by atoms with Crippen LogP contribution >= 0.6 is 0 Å². The molecule has 0 radical (unpaired) electrons. The Morgan fingerprint density at radius 2 is 1.74 bits per heavy atom. The van der Waals surface area contributed by atoms with E-state index in [1.807, 2.05) is 0 Å². The van der Waals surface area contributed by atoms with Gasteiger partial charge in [0.2, 0.25) is 0 Å². The molecule has 0 aliphatic carbocycles. The van der Waals surface area contributed by atoms with Gasteiger partial charge in [0.1, 0.15) is 0 Å². The molecule has 0 heterocycles. The molecule has 1 unspecified atom stereocenters. The van der Waals surface area contributed by atoms with Gasteiger partial charge in [0.05, 0.1) is 19.8 Å². The van der Waals surface area contributed by atoms with Crippen molar-refractivity contribution in [3.8, 4) is 0 Å². The number of methoxy groups -OCH3 is 1. The van der Waals surface area contributed by atoms with Gasteiger partial charge in [-0.1, -0.05) is 45.0 Å². The van der Waals surface area contributed by atoms with E-state index >= 15 is 0 Å². The zero-order valence-corrected chi connectivity index (χ0v) is 12.6. The first-order valence-electron chi connectivity index (χ1n) is 6.85. The van der Waals surface area contributed by atoms with E-state index in [1.165, 1.54) is 11.1 Å². The van der Waals surface area contributed by atoms with E-state index in [9.17, 15) is 0 Å². The number of hydrogen-bond donors (Lipinski definition) is 1. The highest BCUT2D eigenvalue weighted by Gasteiger charge is 2.13. The van der Waals surface area contributed by atoms with Crippen molar-refractivity contribution in [2.45, 2.75) is 38.6 Å². The summed E-state index contributed by atoms with van der Waals surface area (Å²) < 4.78 is 10.4. The second-order valence-electron chi connectivity index (χ2n) is 5.98. The van der Waals surface area contributed by atoms with Crippen LogP contribution < -0.4 is 5.73 Å². The molecule has 19 heavy (non-hydrogen) atoms. The van der Waals surface area contributed by atoms with Crippen LogP contribution in [0.1, 0.15) is 31.9 Å². The molecule has 0 aliphatic heterocycles. The van der Waals surface area contributed by atoms with Gasteiger partial charge in [-0.25, -0.2) is 0 Å². The zero-order valence-electron chi connectivity index (χ0n) is 12.6. The van der Waals surface area contributed by atoms with Gasteiger partial charge >= 0.3 is 0 Å². The Labute approximate surface area is 117 Å². The molecule has 0 saturated carbocycles. The van der Waals surface area contributed by atoms with Crippen LogP contribution in [0.15, 0.2) is 24.3 Å². The standard InChI is InChI=1S/C16H27NO2/c1-16(2,3)14-7-5-13(6-8-14)11-15(17)12-19-10-9-18-4/h5-8,15H,9-12,17H2,1-4H3. The monoisotopic (exact) mass is 265 g/mol. The van der Waals surface area contributed by atoms with E-state index in [-0.39, 0.29) is 11.5 Å².